The number of hydrogen-bond donors (Lipinski definition) is 1. The van der Waals surface area contributed by atoms with Crippen LogP contribution in [0.2, 0.25) is 0 Å². The molecular formula is C5H10N2. The first kappa shape index (κ1) is 6.16. The highest BCUT2D eigenvalue weighted by Gasteiger charge is 1.67. The van der Waals surface area contributed by atoms with E-state index in [-0.39, 0.29) is 0 Å². The van der Waals surface area contributed by atoms with Crippen molar-refractivity contribution < 1.29 is 0 Å². The Morgan fingerprint density at radius 1 is 1.43 bits per heavy atom. The van der Waals surface area contributed by atoms with E-state index in [0.29, 0.717) is 0 Å². The van der Waals surface area contributed by atoms with Crippen LogP contribution in [0.25, 0.3) is 0 Å². The van der Waals surface area contributed by atoms with Gasteiger partial charge in [-0.2, -0.15) is 0 Å². The minimum atomic E-state index is 1.79. The van der Waals surface area contributed by atoms with E-state index in [1.54, 1.807) is 11.9 Å². The molecule has 0 saturated carbocycles. The summed E-state index contributed by atoms with van der Waals surface area (Å²) >= 11 is 0. The van der Waals surface area contributed by atoms with E-state index in [9.17, 15) is 0 Å². The molecule has 0 radical (unpaired) electrons. The molecule has 0 spiro atoms. The minimum Gasteiger partial charge on any atom is -0.347 e. The van der Waals surface area contributed by atoms with Gasteiger partial charge in [0.05, 0.1) is 0 Å². The molecule has 0 aliphatic rings. The van der Waals surface area contributed by atoms with Crippen molar-refractivity contribution in [3.05, 3.63) is 0 Å². The SMILES string of the molecule is CNC#CN(C)C. The highest BCUT2D eigenvalue weighted by molar-refractivity contribution is 4.92. The van der Waals surface area contributed by atoms with Crippen molar-refractivity contribution in [2.45, 2.75) is 0 Å². The van der Waals surface area contributed by atoms with Crippen LogP contribution >= 0.6 is 0 Å². The Bertz CT molecular complexity index is 86.0. The van der Waals surface area contributed by atoms with E-state index in [4.69, 9.17) is 0 Å². The molecular weight excluding hydrogens is 88.1 g/mol. The lowest BCUT2D eigenvalue weighted by Crippen LogP contribution is -2.04. The fraction of sp³-hybridized carbons (Fsp3) is 0.600. The van der Waals surface area contributed by atoms with Crippen molar-refractivity contribution in [1.29, 1.82) is 0 Å². The first-order valence-corrected chi connectivity index (χ1v) is 2.12. The van der Waals surface area contributed by atoms with Gasteiger partial charge >= 0.3 is 0 Å². The van der Waals surface area contributed by atoms with Gasteiger partial charge in [-0.3, -0.25) is 0 Å². The van der Waals surface area contributed by atoms with Crippen LogP contribution in [0.15, 0.2) is 0 Å². The van der Waals surface area contributed by atoms with Crippen LogP contribution in [0.4, 0.5) is 0 Å². The molecule has 0 heterocycles. The fourth-order valence-electron chi connectivity index (χ4n) is 0.168. The molecule has 0 aromatic rings. The number of rotatable bonds is 0. The molecule has 2 heteroatoms. The normalized spacial score (nSPS) is 6.14. The van der Waals surface area contributed by atoms with E-state index in [1.807, 2.05) is 14.1 Å². The summed E-state index contributed by atoms with van der Waals surface area (Å²) in [6.07, 6.45) is 0. The van der Waals surface area contributed by atoms with Gasteiger partial charge < -0.3 is 10.2 Å². The summed E-state index contributed by atoms with van der Waals surface area (Å²) in [6.45, 7) is 0. The summed E-state index contributed by atoms with van der Waals surface area (Å²) < 4.78 is 0. The molecule has 0 aromatic carbocycles. The van der Waals surface area contributed by atoms with Crippen LogP contribution in [-0.2, 0) is 0 Å². The molecule has 0 saturated heterocycles. The molecule has 0 amide bonds. The Balaban J connectivity index is 3.24. The van der Waals surface area contributed by atoms with Crippen LogP contribution in [0, 0.1) is 12.1 Å². The molecule has 40 valence electrons. The van der Waals surface area contributed by atoms with Crippen molar-refractivity contribution in [1.82, 2.24) is 10.2 Å². The van der Waals surface area contributed by atoms with E-state index in [2.05, 4.69) is 17.4 Å². The summed E-state index contributed by atoms with van der Waals surface area (Å²) in [5.74, 6) is 0. The maximum Gasteiger partial charge on any atom is 0.0299 e. The van der Waals surface area contributed by atoms with Crippen molar-refractivity contribution in [3.8, 4) is 12.1 Å². The molecule has 0 rings (SSSR count). The molecule has 7 heavy (non-hydrogen) atoms. The standard InChI is InChI=1S/C5H10N2/c1-6-4-5-7(2)3/h6H,1-3H3. The van der Waals surface area contributed by atoms with Crippen LogP contribution in [0.1, 0.15) is 0 Å². The maximum absolute atomic E-state index is 2.77. The Hall–Kier alpha value is -0.840. The van der Waals surface area contributed by atoms with Gasteiger partial charge in [0.1, 0.15) is 0 Å². The predicted molar refractivity (Wildman–Crippen MR) is 30.5 cm³/mol. The summed E-state index contributed by atoms with van der Waals surface area (Å²) in [5, 5.41) is 2.70. The Labute approximate surface area is 44.5 Å². The zero-order chi connectivity index (χ0) is 5.70. The lowest BCUT2D eigenvalue weighted by Gasteiger charge is -1.95. The summed E-state index contributed by atoms with van der Waals surface area (Å²) in [6, 6.07) is 5.44. The van der Waals surface area contributed by atoms with Gasteiger partial charge in [0, 0.05) is 33.2 Å². The monoisotopic (exact) mass is 98.1 g/mol. The molecule has 0 aromatic heterocycles. The van der Waals surface area contributed by atoms with Crippen LogP contribution < -0.4 is 5.32 Å². The average molecular weight is 98.1 g/mol. The zero-order valence-electron chi connectivity index (χ0n) is 4.95. The van der Waals surface area contributed by atoms with E-state index in [1.165, 1.54) is 0 Å². The van der Waals surface area contributed by atoms with Crippen molar-refractivity contribution in [2.75, 3.05) is 21.1 Å². The van der Waals surface area contributed by atoms with Gasteiger partial charge in [-0.15, -0.1) is 0 Å². The summed E-state index contributed by atoms with van der Waals surface area (Å²) in [4.78, 5) is 1.79. The number of nitrogens with one attached hydrogen (secondary N) is 1. The van der Waals surface area contributed by atoms with Crippen molar-refractivity contribution >= 4 is 0 Å². The third-order valence-electron chi connectivity index (χ3n) is 0.405. The Morgan fingerprint density at radius 2 is 2.00 bits per heavy atom. The minimum absolute atomic E-state index is 1.79. The molecule has 0 unspecified atom stereocenters. The highest BCUT2D eigenvalue weighted by Crippen LogP contribution is 1.59. The van der Waals surface area contributed by atoms with Gasteiger partial charge in [0.15, 0.2) is 0 Å². The first-order valence-electron chi connectivity index (χ1n) is 2.12. The first-order chi connectivity index (χ1) is 3.27. The molecule has 0 bridgehead atoms. The highest BCUT2D eigenvalue weighted by atomic mass is 15.0. The molecule has 0 aliphatic heterocycles. The third kappa shape index (κ3) is 5.16. The van der Waals surface area contributed by atoms with Gasteiger partial charge in [0.25, 0.3) is 0 Å². The smallest absolute Gasteiger partial charge is 0.0299 e. The Morgan fingerprint density at radius 3 is 2.14 bits per heavy atom. The second kappa shape index (κ2) is 3.35. The van der Waals surface area contributed by atoms with Gasteiger partial charge in [-0.1, -0.05) is 0 Å². The molecule has 0 atom stereocenters. The quantitative estimate of drug-likeness (QED) is 0.330. The molecule has 2 nitrogen and oxygen atoms in total. The number of nitrogens with zero attached hydrogens (tertiary/aromatic N) is 1. The van der Waals surface area contributed by atoms with Crippen molar-refractivity contribution in [2.24, 2.45) is 0 Å². The number of hydrogen-bond acceptors (Lipinski definition) is 2. The van der Waals surface area contributed by atoms with E-state index < -0.39 is 0 Å². The predicted octanol–water partition coefficient (Wildman–Crippen LogP) is -0.314. The van der Waals surface area contributed by atoms with Crippen LogP contribution in [-0.4, -0.2) is 26.0 Å². The maximum atomic E-state index is 2.77. The van der Waals surface area contributed by atoms with Crippen LogP contribution in [0.3, 0.4) is 0 Å². The molecule has 0 fully saturated rings. The van der Waals surface area contributed by atoms with Crippen LogP contribution in [0.5, 0.6) is 0 Å². The summed E-state index contributed by atoms with van der Waals surface area (Å²) in [5.41, 5.74) is 0. The van der Waals surface area contributed by atoms with E-state index in [0.717, 1.165) is 0 Å². The summed E-state index contributed by atoms with van der Waals surface area (Å²) in [7, 11) is 5.57. The topological polar surface area (TPSA) is 15.3 Å². The molecule has 1 N–H and O–H groups in total. The van der Waals surface area contributed by atoms with Gasteiger partial charge in [0.2, 0.25) is 0 Å². The average Bonchev–Trinajstić information content (AvgIpc) is 1.61. The van der Waals surface area contributed by atoms with Gasteiger partial charge in [-0.05, 0) is 0 Å². The lowest BCUT2D eigenvalue weighted by molar-refractivity contribution is 0.596. The van der Waals surface area contributed by atoms with Gasteiger partial charge in [-0.25, -0.2) is 0 Å². The van der Waals surface area contributed by atoms with E-state index >= 15 is 0 Å². The second-order valence-corrected chi connectivity index (χ2v) is 1.38. The molecule has 0 aliphatic carbocycles. The van der Waals surface area contributed by atoms with Crippen molar-refractivity contribution in [3.63, 3.8) is 0 Å². The largest absolute Gasteiger partial charge is 0.347 e. The second-order valence-electron chi connectivity index (χ2n) is 1.38. The third-order valence-corrected chi connectivity index (χ3v) is 0.405. The lowest BCUT2D eigenvalue weighted by atomic mass is 10.9. The Kier molecular flexibility index (Phi) is 2.95. The fourth-order valence-corrected chi connectivity index (χ4v) is 0.168. The zero-order valence-corrected chi connectivity index (χ0v) is 4.95.